The van der Waals surface area contributed by atoms with Gasteiger partial charge in [0.2, 0.25) is 0 Å². The van der Waals surface area contributed by atoms with E-state index in [1.807, 2.05) is 12.1 Å². The monoisotopic (exact) mass is 190 g/mol. The van der Waals surface area contributed by atoms with Crippen LogP contribution in [0.4, 0.5) is 11.4 Å². The molecular weight excluding hydrogens is 180 g/mol. The van der Waals surface area contributed by atoms with Crippen LogP contribution in [0.5, 0.6) is 0 Å². The molecule has 0 saturated heterocycles. The molecule has 0 atom stereocenters. The molecule has 4 N–H and O–H groups in total. The average molecular weight is 190 g/mol. The van der Waals surface area contributed by atoms with Crippen LogP contribution in [-0.2, 0) is 4.79 Å². The van der Waals surface area contributed by atoms with Gasteiger partial charge in [0.05, 0.1) is 17.9 Å². The standard InChI is InChI=1S/C9H10N4O/c10-9(11)13-7-4-2-1-3-6(7)12-5-8(13)14/h1-4,12H,5H2,(H3,10,11). The molecule has 2 rings (SSSR count). The topological polar surface area (TPSA) is 82.2 Å². The summed E-state index contributed by atoms with van der Waals surface area (Å²) in [7, 11) is 0. The summed E-state index contributed by atoms with van der Waals surface area (Å²) in [6.07, 6.45) is 0. The van der Waals surface area contributed by atoms with Crippen LogP contribution in [0.2, 0.25) is 0 Å². The number of nitrogens with two attached hydrogens (primary N) is 1. The quantitative estimate of drug-likeness (QED) is 0.407. The molecule has 14 heavy (non-hydrogen) atoms. The van der Waals surface area contributed by atoms with Gasteiger partial charge in [0.1, 0.15) is 0 Å². The Balaban J connectivity index is 2.51. The lowest BCUT2D eigenvalue weighted by Crippen LogP contribution is -2.47. The summed E-state index contributed by atoms with van der Waals surface area (Å²) in [5.41, 5.74) is 6.79. The number of anilines is 2. The molecule has 1 heterocycles. The zero-order chi connectivity index (χ0) is 10.1. The van der Waals surface area contributed by atoms with Crippen molar-refractivity contribution in [2.45, 2.75) is 0 Å². The van der Waals surface area contributed by atoms with Gasteiger partial charge in [-0.1, -0.05) is 12.1 Å². The highest BCUT2D eigenvalue weighted by Gasteiger charge is 2.25. The largest absolute Gasteiger partial charge is 0.374 e. The lowest BCUT2D eigenvalue weighted by molar-refractivity contribution is -0.116. The van der Waals surface area contributed by atoms with Gasteiger partial charge in [-0.05, 0) is 12.1 Å². The maximum atomic E-state index is 11.4. The van der Waals surface area contributed by atoms with Crippen molar-refractivity contribution in [2.24, 2.45) is 5.73 Å². The summed E-state index contributed by atoms with van der Waals surface area (Å²) in [6, 6.07) is 7.26. The number of carbonyl (C=O) groups excluding carboxylic acids is 1. The highest BCUT2D eigenvalue weighted by molar-refractivity contribution is 6.19. The van der Waals surface area contributed by atoms with Crippen molar-refractivity contribution in [3.8, 4) is 0 Å². The van der Waals surface area contributed by atoms with Gasteiger partial charge in [-0.15, -0.1) is 0 Å². The molecule has 0 saturated carbocycles. The van der Waals surface area contributed by atoms with E-state index in [1.54, 1.807) is 12.1 Å². The smallest absolute Gasteiger partial charge is 0.253 e. The summed E-state index contributed by atoms with van der Waals surface area (Å²) in [5.74, 6) is -0.458. The number of nitrogens with one attached hydrogen (secondary N) is 2. The Morgan fingerprint density at radius 3 is 2.93 bits per heavy atom. The van der Waals surface area contributed by atoms with Crippen LogP contribution in [0.1, 0.15) is 0 Å². The van der Waals surface area contributed by atoms with E-state index in [0.717, 1.165) is 5.69 Å². The third kappa shape index (κ3) is 1.19. The number of hydrogen-bond acceptors (Lipinski definition) is 3. The second kappa shape index (κ2) is 3.02. The van der Waals surface area contributed by atoms with Gasteiger partial charge in [-0.2, -0.15) is 0 Å². The van der Waals surface area contributed by atoms with Crippen molar-refractivity contribution in [3.63, 3.8) is 0 Å². The molecule has 1 amide bonds. The molecule has 0 aromatic heterocycles. The van der Waals surface area contributed by atoms with Crippen molar-refractivity contribution < 1.29 is 4.79 Å². The molecule has 5 heteroatoms. The van der Waals surface area contributed by atoms with Gasteiger partial charge in [-0.3, -0.25) is 10.2 Å². The third-order valence-electron chi connectivity index (χ3n) is 2.07. The van der Waals surface area contributed by atoms with E-state index in [2.05, 4.69) is 5.32 Å². The summed E-state index contributed by atoms with van der Waals surface area (Å²) in [5, 5.41) is 10.3. The van der Waals surface area contributed by atoms with Gasteiger partial charge in [-0.25, -0.2) is 4.90 Å². The summed E-state index contributed by atoms with van der Waals surface area (Å²) in [6.45, 7) is 0.177. The molecule has 0 unspecified atom stereocenters. The molecule has 1 aliphatic rings. The highest BCUT2D eigenvalue weighted by atomic mass is 16.2. The zero-order valence-corrected chi connectivity index (χ0v) is 7.45. The Hall–Kier alpha value is -2.04. The predicted octanol–water partition coefficient (Wildman–Crippen LogP) is 0.339. The molecule has 0 radical (unpaired) electrons. The molecule has 0 fully saturated rings. The number of guanidine groups is 1. The van der Waals surface area contributed by atoms with Gasteiger partial charge in [0.25, 0.3) is 5.91 Å². The van der Waals surface area contributed by atoms with E-state index in [9.17, 15) is 4.79 Å². The number of rotatable bonds is 0. The Morgan fingerprint density at radius 1 is 1.50 bits per heavy atom. The summed E-state index contributed by atoms with van der Waals surface area (Å²) >= 11 is 0. The maximum absolute atomic E-state index is 11.4. The number of hydrogen-bond donors (Lipinski definition) is 3. The first-order valence-electron chi connectivity index (χ1n) is 4.20. The second-order valence-corrected chi connectivity index (χ2v) is 2.99. The van der Waals surface area contributed by atoms with Gasteiger partial charge in [0.15, 0.2) is 5.96 Å². The van der Waals surface area contributed by atoms with Gasteiger partial charge < -0.3 is 11.1 Å². The van der Waals surface area contributed by atoms with Crippen molar-refractivity contribution in [2.75, 3.05) is 16.8 Å². The first kappa shape index (κ1) is 8.55. The van der Waals surface area contributed by atoms with Crippen molar-refractivity contribution in [3.05, 3.63) is 24.3 Å². The van der Waals surface area contributed by atoms with Gasteiger partial charge in [0, 0.05) is 0 Å². The van der Waals surface area contributed by atoms with Crippen molar-refractivity contribution in [1.29, 1.82) is 5.41 Å². The maximum Gasteiger partial charge on any atom is 0.253 e. The van der Waals surface area contributed by atoms with Gasteiger partial charge >= 0.3 is 0 Å². The highest BCUT2D eigenvalue weighted by Crippen LogP contribution is 2.28. The predicted molar refractivity (Wildman–Crippen MR) is 54.3 cm³/mol. The number of para-hydroxylation sites is 2. The molecule has 0 spiro atoms. The number of benzene rings is 1. The molecule has 1 aromatic rings. The Morgan fingerprint density at radius 2 is 2.21 bits per heavy atom. The van der Waals surface area contributed by atoms with Crippen LogP contribution in [0, 0.1) is 5.41 Å². The number of amides is 1. The number of carbonyl (C=O) groups is 1. The lowest BCUT2D eigenvalue weighted by atomic mass is 10.2. The third-order valence-corrected chi connectivity index (χ3v) is 2.07. The summed E-state index contributed by atoms with van der Waals surface area (Å²) < 4.78 is 0. The Labute approximate surface area is 81.0 Å². The SMILES string of the molecule is N=C(N)N1C(=O)CNc2ccccc21. The summed E-state index contributed by atoms with van der Waals surface area (Å²) in [4.78, 5) is 12.6. The normalized spacial score (nSPS) is 14.6. The van der Waals surface area contributed by atoms with Crippen molar-refractivity contribution in [1.82, 2.24) is 0 Å². The molecule has 1 aromatic carbocycles. The van der Waals surface area contributed by atoms with E-state index in [-0.39, 0.29) is 18.4 Å². The molecule has 0 aliphatic carbocycles. The molecule has 72 valence electrons. The number of fused-ring (bicyclic) bond motifs is 1. The fraction of sp³-hybridized carbons (Fsp3) is 0.111. The van der Waals surface area contributed by atoms with Crippen LogP contribution >= 0.6 is 0 Å². The fourth-order valence-electron chi connectivity index (χ4n) is 1.47. The lowest BCUT2D eigenvalue weighted by Gasteiger charge is -2.28. The van der Waals surface area contributed by atoms with E-state index in [0.29, 0.717) is 5.69 Å². The van der Waals surface area contributed by atoms with E-state index in [1.165, 1.54) is 4.90 Å². The minimum Gasteiger partial charge on any atom is -0.374 e. The Kier molecular flexibility index (Phi) is 1.85. The average Bonchev–Trinajstić information content (AvgIpc) is 2.17. The fourth-order valence-corrected chi connectivity index (χ4v) is 1.47. The van der Waals surface area contributed by atoms with Crippen LogP contribution in [0.25, 0.3) is 0 Å². The van der Waals surface area contributed by atoms with E-state index >= 15 is 0 Å². The zero-order valence-electron chi connectivity index (χ0n) is 7.45. The first-order valence-corrected chi connectivity index (χ1v) is 4.20. The molecule has 0 bridgehead atoms. The second-order valence-electron chi connectivity index (χ2n) is 2.99. The van der Waals surface area contributed by atoms with Crippen molar-refractivity contribution >= 4 is 23.2 Å². The van der Waals surface area contributed by atoms with E-state index < -0.39 is 0 Å². The van der Waals surface area contributed by atoms with E-state index in [4.69, 9.17) is 11.1 Å². The number of nitrogens with zero attached hydrogens (tertiary/aromatic N) is 1. The first-order chi connectivity index (χ1) is 6.70. The van der Waals surface area contributed by atoms with Crippen LogP contribution < -0.4 is 16.0 Å². The Bertz CT molecular complexity index is 402. The molecule has 5 nitrogen and oxygen atoms in total. The molecular formula is C9H10N4O. The minimum atomic E-state index is -0.246. The molecule has 1 aliphatic heterocycles. The van der Waals surface area contributed by atoms with Crippen LogP contribution in [-0.4, -0.2) is 18.4 Å². The van der Waals surface area contributed by atoms with Crippen LogP contribution in [0.3, 0.4) is 0 Å². The minimum absolute atomic E-state index is 0.177. The van der Waals surface area contributed by atoms with Crippen LogP contribution in [0.15, 0.2) is 24.3 Å².